The van der Waals surface area contributed by atoms with Gasteiger partial charge in [0.25, 0.3) is 5.91 Å². The van der Waals surface area contributed by atoms with Crippen LogP contribution in [-0.4, -0.2) is 41.8 Å². The maximum absolute atomic E-state index is 12.8. The van der Waals surface area contributed by atoms with Gasteiger partial charge in [0.1, 0.15) is 0 Å². The molecule has 4 heterocycles. The summed E-state index contributed by atoms with van der Waals surface area (Å²) in [6.07, 6.45) is 2.36. The average Bonchev–Trinajstić information content (AvgIpc) is 3.15. The second-order valence-electron chi connectivity index (χ2n) is 7.41. The molecule has 5 rings (SSSR count). The predicted molar refractivity (Wildman–Crippen MR) is 105 cm³/mol. The highest BCUT2D eigenvalue weighted by atomic mass is 32.1. The topological polar surface area (TPSA) is 49.4 Å². The van der Waals surface area contributed by atoms with Gasteiger partial charge >= 0.3 is 0 Å². The first-order valence-electron chi connectivity index (χ1n) is 9.28. The molecular weight excluding hydrogens is 344 g/mol. The number of Topliss-reactive ketones (excluding diaryl/α,β-unsaturated/α-hetero) is 1. The number of nitrogens with one attached hydrogen (secondary N) is 1. The van der Waals surface area contributed by atoms with Gasteiger partial charge in [0.05, 0.1) is 4.88 Å². The number of ketones is 1. The van der Waals surface area contributed by atoms with Crippen LogP contribution >= 0.6 is 11.3 Å². The molecule has 3 aliphatic heterocycles. The van der Waals surface area contributed by atoms with Gasteiger partial charge in [-0.2, -0.15) is 0 Å². The molecule has 0 spiro atoms. The standard InChI is InChI=1S/C21H24N2O2S/c1-13-20(15-7-9-23(13)10-8-15)22-21(25)19-11-16(12-26-19)18-6-4-3-5-17(18)14(2)24/h3-6,11-13,15,20H,7-10H2,1-2H3,(H,22,25)/t13-,20-/m0/s1. The molecule has 2 aromatic rings. The van der Waals surface area contributed by atoms with Crippen LogP contribution < -0.4 is 5.32 Å². The van der Waals surface area contributed by atoms with Crippen LogP contribution in [0.1, 0.15) is 46.7 Å². The highest BCUT2D eigenvalue weighted by molar-refractivity contribution is 7.12. The van der Waals surface area contributed by atoms with Gasteiger partial charge in [-0.3, -0.25) is 14.5 Å². The molecule has 2 atom stereocenters. The third-order valence-corrected chi connectivity index (χ3v) is 6.85. The van der Waals surface area contributed by atoms with Gasteiger partial charge in [0, 0.05) is 17.6 Å². The maximum Gasteiger partial charge on any atom is 0.261 e. The van der Waals surface area contributed by atoms with Gasteiger partial charge in [-0.25, -0.2) is 0 Å². The molecule has 136 valence electrons. The van der Waals surface area contributed by atoms with Crippen molar-refractivity contribution in [3.63, 3.8) is 0 Å². The van der Waals surface area contributed by atoms with E-state index in [9.17, 15) is 9.59 Å². The van der Waals surface area contributed by atoms with Gasteiger partial charge in [-0.1, -0.05) is 24.3 Å². The van der Waals surface area contributed by atoms with Crippen LogP contribution in [0.15, 0.2) is 35.7 Å². The molecular formula is C21H24N2O2S. The fourth-order valence-electron chi connectivity index (χ4n) is 4.41. The summed E-state index contributed by atoms with van der Waals surface area (Å²) in [5.41, 5.74) is 2.53. The molecule has 3 saturated heterocycles. The number of hydrogen-bond acceptors (Lipinski definition) is 4. The minimum Gasteiger partial charge on any atom is -0.347 e. The normalized spacial score (nSPS) is 27.3. The van der Waals surface area contributed by atoms with E-state index in [2.05, 4.69) is 17.1 Å². The largest absolute Gasteiger partial charge is 0.347 e. The monoisotopic (exact) mass is 368 g/mol. The van der Waals surface area contributed by atoms with E-state index in [4.69, 9.17) is 0 Å². The van der Waals surface area contributed by atoms with Crippen molar-refractivity contribution >= 4 is 23.0 Å². The van der Waals surface area contributed by atoms with Crippen molar-refractivity contribution in [1.82, 2.24) is 10.2 Å². The Morgan fingerprint density at radius 2 is 1.92 bits per heavy atom. The number of carbonyl (C=O) groups excluding carboxylic acids is 2. The Hall–Kier alpha value is -1.98. The molecule has 1 N–H and O–H groups in total. The van der Waals surface area contributed by atoms with Crippen molar-refractivity contribution in [3.8, 4) is 11.1 Å². The predicted octanol–water partition coefficient (Wildman–Crippen LogP) is 3.83. The summed E-state index contributed by atoms with van der Waals surface area (Å²) in [5, 5.41) is 5.25. The molecule has 0 radical (unpaired) electrons. The van der Waals surface area contributed by atoms with Gasteiger partial charge < -0.3 is 5.32 Å². The summed E-state index contributed by atoms with van der Waals surface area (Å²) in [6.45, 7) is 6.11. The summed E-state index contributed by atoms with van der Waals surface area (Å²) < 4.78 is 0. The summed E-state index contributed by atoms with van der Waals surface area (Å²) in [6, 6.07) is 10.1. The molecule has 0 saturated carbocycles. The van der Waals surface area contributed by atoms with Crippen molar-refractivity contribution in [2.45, 2.75) is 38.8 Å². The zero-order chi connectivity index (χ0) is 18.3. The van der Waals surface area contributed by atoms with E-state index in [0.717, 1.165) is 24.2 Å². The SMILES string of the molecule is CC(=O)c1ccccc1-c1csc(C(=O)N[C@@H]2C3CCN(CC3)[C@H]2C)c1. The third-order valence-electron chi connectivity index (χ3n) is 5.92. The summed E-state index contributed by atoms with van der Waals surface area (Å²) in [4.78, 5) is 27.9. The van der Waals surface area contributed by atoms with E-state index in [1.807, 2.05) is 35.7 Å². The Kier molecular flexibility index (Phi) is 4.67. The average molecular weight is 369 g/mol. The smallest absolute Gasteiger partial charge is 0.261 e. The Morgan fingerprint density at radius 3 is 2.62 bits per heavy atom. The summed E-state index contributed by atoms with van der Waals surface area (Å²) >= 11 is 1.45. The third kappa shape index (κ3) is 3.10. The number of fused-ring (bicyclic) bond motifs is 3. The number of thiophene rings is 1. The first kappa shape index (κ1) is 17.4. The number of benzene rings is 1. The van der Waals surface area contributed by atoms with E-state index in [0.29, 0.717) is 22.4 Å². The molecule has 3 aliphatic rings. The number of carbonyl (C=O) groups is 2. The number of rotatable bonds is 4. The van der Waals surface area contributed by atoms with Crippen LogP contribution in [-0.2, 0) is 0 Å². The quantitative estimate of drug-likeness (QED) is 0.835. The Morgan fingerprint density at radius 1 is 1.19 bits per heavy atom. The van der Waals surface area contributed by atoms with Gasteiger partial charge in [0.15, 0.2) is 5.78 Å². The fourth-order valence-corrected chi connectivity index (χ4v) is 5.22. The van der Waals surface area contributed by atoms with Gasteiger partial charge in [-0.05, 0) is 68.3 Å². The zero-order valence-electron chi connectivity index (χ0n) is 15.2. The van der Waals surface area contributed by atoms with E-state index in [-0.39, 0.29) is 17.7 Å². The molecule has 3 fully saturated rings. The molecule has 0 aliphatic carbocycles. The van der Waals surface area contributed by atoms with Crippen LogP contribution in [0, 0.1) is 5.92 Å². The number of amides is 1. The number of piperidine rings is 3. The Labute approximate surface area is 158 Å². The minimum atomic E-state index is 0.00663. The zero-order valence-corrected chi connectivity index (χ0v) is 16.0. The fraction of sp³-hybridized carbons (Fsp3) is 0.429. The van der Waals surface area contributed by atoms with Gasteiger partial charge in [0.2, 0.25) is 0 Å². The molecule has 1 amide bonds. The second-order valence-corrected chi connectivity index (χ2v) is 8.33. The van der Waals surface area contributed by atoms with Gasteiger partial charge in [-0.15, -0.1) is 11.3 Å². The summed E-state index contributed by atoms with van der Waals surface area (Å²) in [5.74, 6) is 0.642. The maximum atomic E-state index is 12.8. The first-order valence-corrected chi connectivity index (χ1v) is 10.2. The van der Waals surface area contributed by atoms with Crippen LogP contribution in [0.4, 0.5) is 0 Å². The number of nitrogens with zero attached hydrogens (tertiary/aromatic N) is 1. The van der Waals surface area contributed by atoms with E-state index < -0.39 is 0 Å². The van der Waals surface area contributed by atoms with E-state index in [1.54, 1.807) is 6.92 Å². The van der Waals surface area contributed by atoms with Crippen molar-refractivity contribution in [2.75, 3.05) is 13.1 Å². The highest BCUT2D eigenvalue weighted by Crippen LogP contribution is 2.33. The van der Waals surface area contributed by atoms with Crippen molar-refractivity contribution < 1.29 is 9.59 Å². The first-order chi connectivity index (χ1) is 12.5. The molecule has 2 bridgehead atoms. The van der Waals surface area contributed by atoms with Crippen molar-refractivity contribution in [2.24, 2.45) is 5.92 Å². The number of hydrogen-bond donors (Lipinski definition) is 1. The van der Waals surface area contributed by atoms with E-state index in [1.165, 1.54) is 24.2 Å². The van der Waals surface area contributed by atoms with Crippen molar-refractivity contribution in [3.05, 3.63) is 46.2 Å². The lowest BCUT2D eigenvalue weighted by molar-refractivity contribution is 0.0218. The van der Waals surface area contributed by atoms with E-state index >= 15 is 0 Å². The van der Waals surface area contributed by atoms with Crippen LogP contribution in [0.25, 0.3) is 11.1 Å². The Balaban J connectivity index is 1.53. The molecule has 26 heavy (non-hydrogen) atoms. The molecule has 0 unspecified atom stereocenters. The molecule has 4 nitrogen and oxygen atoms in total. The lowest BCUT2D eigenvalue weighted by atomic mass is 9.79. The van der Waals surface area contributed by atoms with Crippen molar-refractivity contribution in [1.29, 1.82) is 0 Å². The molecule has 1 aromatic heterocycles. The summed E-state index contributed by atoms with van der Waals surface area (Å²) in [7, 11) is 0. The molecule has 1 aromatic carbocycles. The Bertz CT molecular complexity index is 834. The van der Waals surface area contributed by atoms with Crippen LogP contribution in [0.5, 0.6) is 0 Å². The van der Waals surface area contributed by atoms with Crippen LogP contribution in [0.3, 0.4) is 0 Å². The lowest BCUT2D eigenvalue weighted by Gasteiger charge is -2.49. The highest BCUT2D eigenvalue weighted by Gasteiger charge is 2.40. The van der Waals surface area contributed by atoms with Crippen LogP contribution in [0.2, 0.25) is 0 Å². The second kappa shape index (κ2) is 6.97. The molecule has 5 heteroatoms. The minimum absolute atomic E-state index is 0.00663. The lowest BCUT2D eigenvalue weighted by Crippen LogP contribution is -2.62.